The Bertz CT molecular complexity index is 1020. The van der Waals surface area contributed by atoms with Crippen molar-refractivity contribution >= 4 is 46.3 Å². The lowest BCUT2D eigenvalue weighted by Crippen LogP contribution is -2.32. The van der Waals surface area contributed by atoms with Crippen molar-refractivity contribution in [2.75, 3.05) is 32.8 Å². The van der Waals surface area contributed by atoms with E-state index in [1.165, 1.54) is 45.4 Å². The highest BCUT2D eigenvalue weighted by molar-refractivity contribution is 6.34. The summed E-state index contributed by atoms with van der Waals surface area (Å²) in [4.78, 5) is 24.9. The van der Waals surface area contributed by atoms with Crippen LogP contribution in [0.3, 0.4) is 0 Å². The third-order valence-electron chi connectivity index (χ3n) is 4.24. The highest BCUT2D eigenvalue weighted by atomic mass is 35.5. The van der Waals surface area contributed by atoms with Gasteiger partial charge >= 0.3 is 0 Å². The Morgan fingerprint density at radius 1 is 0.939 bits per heavy atom. The molecule has 0 fully saturated rings. The van der Waals surface area contributed by atoms with E-state index in [2.05, 4.69) is 15.5 Å². The standard InChI is InChI=1S/C22H25Cl2N3O6/c1-6-32-16-10-14(23)15(11-17(16)33-7-2)25-22(29)21(12(3)28)27-26-13-8-18(30-4)20(24)19(9-13)31-5/h8-11,21H,6-7H2,1-5H3,(H,25,29). The molecule has 0 saturated heterocycles. The quantitative estimate of drug-likeness (QED) is 0.324. The third kappa shape index (κ3) is 6.72. The Labute approximate surface area is 202 Å². The van der Waals surface area contributed by atoms with Crippen molar-refractivity contribution in [3.05, 3.63) is 34.3 Å². The van der Waals surface area contributed by atoms with E-state index in [0.717, 1.165) is 0 Å². The number of methoxy groups -OCH3 is 2. The SMILES string of the molecule is CCOc1cc(Cl)c(NC(=O)C(N=Nc2cc(OC)c(Cl)c(OC)c2)C(C)=O)cc1OCC. The first-order valence-electron chi connectivity index (χ1n) is 9.98. The van der Waals surface area contributed by atoms with Gasteiger partial charge in [0.15, 0.2) is 17.3 Å². The lowest BCUT2D eigenvalue weighted by Gasteiger charge is -2.15. The number of hydrogen-bond acceptors (Lipinski definition) is 8. The number of ketones is 1. The topological polar surface area (TPSA) is 108 Å². The molecule has 0 aliphatic heterocycles. The Kier molecular flexibility index (Phi) is 9.74. The van der Waals surface area contributed by atoms with E-state index in [-0.39, 0.29) is 21.4 Å². The highest BCUT2D eigenvalue weighted by Gasteiger charge is 2.25. The summed E-state index contributed by atoms with van der Waals surface area (Å²) in [5, 5.41) is 11.0. The molecule has 11 heteroatoms. The van der Waals surface area contributed by atoms with Gasteiger partial charge in [-0.25, -0.2) is 0 Å². The van der Waals surface area contributed by atoms with E-state index in [9.17, 15) is 9.59 Å². The number of carbonyl (C=O) groups excluding carboxylic acids is 2. The van der Waals surface area contributed by atoms with Crippen LogP contribution in [0.15, 0.2) is 34.5 Å². The second kappa shape index (κ2) is 12.3. The average Bonchev–Trinajstić information content (AvgIpc) is 2.77. The van der Waals surface area contributed by atoms with Gasteiger partial charge in [-0.05, 0) is 20.8 Å². The molecule has 0 aliphatic carbocycles. The number of carbonyl (C=O) groups is 2. The van der Waals surface area contributed by atoms with E-state index in [1.54, 1.807) is 0 Å². The summed E-state index contributed by atoms with van der Waals surface area (Å²) in [7, 11) is 2.87. The fourth-order valence-electron chi connectivity index (χ4n) is 2.72. The Morgan fingerprint density at radius 2 is 1.48 bits per heavy atom. The Morgan fingerprint density at radius 3 is 1.97 bits per heavy atom. The third-order valence-corrected chi connectivity index (χ3v) is 4.93. The van der Waals surface area contributed by atoms with Gasteiger partial charge in [-0.1, -0.05) is 23.2 Å². The number of nitrogens with one attached hydrogen (secondary N) is 1. The second-order valence-corrected chi connectivity index (χ2v) is 7.31. The van der Waals surface area contributed by atoms with Crippen LogP contribution in [0.4, 0.5) is 11.4 Å². The molecule has 0 aromatic heterocycles. The summed E-state index contributed by atoms with van der Waals surface area (Å²) >= 11 is 12.4. The molecule has 2 aromatic carbocycles. The monoisotopic (exact) mass is 497 g/mol. The largest absolute Gasteiger partial charge is 0.495 e. The molecule has 33 heavy (non-hydrogen) atoms. The maximum Gasteiger partial charge on any atom is 0.258 e. The molecular weight excluding hydrogens is 473 g/mol. The summed E-state index contributed by atoms with van der Waals surface area (Å²) in [6, 6.07) is 4.64. The predicted molar refractivity (Wildman–Crippen MR) is 126 cm³/mol. The number of azo groups is 1. The van der Waals surface area contributed by atoms with Crippen LogP contribution in [0.1, 0.15) is 20.8 Å². The summed E-state index contributed by atoms with van der Waals surface area (Å²) in [6.07, 6.45) is 0. The zero-order chi connectivity index (χ0) is 24.5. The van der Waals surface area contributed by atoms with Crippen molar-refractivity contribution < 1.29 is 28.5 Å². The number of anilines is 1. The van der Waals surface area contributed by atoms with E-state index in [0.29, 0.717) is 36.2 Å². The Hall–Kier alpha value is -3.04. The number of nitrogens with zero attached hydrogens (tertiary/aromatic N) is 2. The van der Waals surface area contributed by atoms with Crippen LogP contribution in [0.25, 0.3) is 0 Å². The van der Waals surface area contributed by atoms with Crippen molar-refractivity contribution in [3.63, 3.8) is 0 Å². The molecule has 1 N–H and O–H groups in total. The number of benzene rings is 2. The molecule has 0 radical (unpaired) electrons. The molecule has 0 bridgehead atoms. The van der Waals surface area contributed by atoms with Gasteiger partial charge in [0.2, 0.25) is 6.04 Å². The normalized spacial score (nSPS) is 11.7. The molecule has 0 saturated carbocycles. The molecule has 9 nitrogen and oxygen atoms in total. The fourth-order valence-corrected chi connectivity index (χ4v) is 3.19. The molecule has 0 aliphatic rings. The van der Waals surface area contributed by atoms with Gasteiger partial charge < -0.3 is 24.3 Å². The second-order valence-electron chi connectivity index (χ2n) is 6.53. The first-order valence-corrected chi connectivity index (χ1v) is 10.7. The van der Waals surface area contributed by atoms with Crippen LogP contribution < -0.4 is 24.3 Å². The molecule has 2 rings (SSSR count). The van der Waals surface area contributed by atoms with Gasteiger partial charge in [0, 0.05) is 24.3 Å². The van der Waals surface area contributed by atoms with Crippen molar-refractivity contribution in [1.29, 1.82) is 0 Å². The van der Waals surface area contributed by atoms with Crippen LogP contribution in [0.5, 0.6) is 23.0 Å². The van der Waals surface area contributed by atoms with Gasteiger partial charge in [-0.2, -0.15) is 10.2 Å². The van der Waals surface area contributed by atoms with Crippen LogP contribution in [0.2, 0.25) is 10.0 Å². The summed E-state index contributed by atoms with van der Waals surface area (Å²) in [5.74, 6) is 0.219. The van der Waals surface area contributed by atoms with Crippen molar-refractivity contribution in [1.82, 2.24) is 0 Å². The summed E-state index contributed by atoms with van der Waals surface area (Å²) in [5.41, 5.74) is 0.523. The van der Waals surface area contributed by atoms with E-state index in [4.69, 9.17) is 42.1 Å². The maximum absolute atomic E-state index is 12.8. The van der Waals surface area contributed by atoms with Gasteiger partial charge in [0.25, 0.3) is 5.91 Å². The molecule has 1 atom stereocenters. The van der Waals surface area contributed by atoms with Gasteiger partial charge in [0.05, 0.1) is 43.8 Å². The van der Waals surface area contributed by atoms with Gasteiger partial charge in [-0.3, -0.25) is 9.59 Å². The van der Waals surface area contributed by atoms with Crippen LogP contribution in [-0.2, 0) is 9.59 Å². The number of rotatable bonds is 11. The number of halogens is 2. The van der Waals surface area contributed by atoms with E-state index in [1.807, 2.05) is 13.8 Å². The van der Waals surface area contributed by atoms with Crippen LogP contribution in [0, 0.1) is 0 Å². The van der Waals surface area contributed by atoms with Crippen molar-refractivity contribution in [2.24, 2.45) is 10.2 Å². The molecular formula is C22H25Cl2N3O6. The first-order chi connectivity index (χ1) is 15.7. The molecule has 1 unspecified atom stereocenters. The van der Waals surface area contributed by atoms with E-state index < -0.39 is 17.7 Å². The minimum absolute atomic E-state index is 0.210. The first kappa shape index (κ1) is 26.2. The number of hydrogen-bond donors (Lipinski definition) is 1. The van der Waals surface area contributed by atoms with Crippen molar-refractivity contribution in [3.8, 4) is 23.0 Å². The predicted octanol–water partition coefficient (Wildman–Crippen LogP) is 5.49. The molecule has 2 aromatic rings. The van der Waals surface area contributed by atoms with E-state index >= 15 is 0 Å². The number of ether oxygens (including phenoxy) is 4. The molecule has 1 amide bonds. The number of amides is 1. The van der Waals surface area contributed by atoms with Gasteiger partial charge in [-0.15, -0.1) is 0 Å². The Balaban J connectivity index is 2.31. The minimum atomic E-state index is -1.42. The molecule has 178 valence electrons. The minimum Gasteiger partial charge on any atom is -0.495 e. The molecule has 0 heterocycles. The summed E-state index contributed by atoms with van der Waals surface area (Å²) < 4.78 is 21.4. The van der Waals surface area contributed by atoms with Crippen LogP contribution in [-0.4, -0.2) is 45.2 Å². The lowest BCUT2D eigenvalue weighted by molar-refractivity contribution is -0.126. The lowest BCUT2D eigenvalue weighted by atomic mass is 10.2. The highest BCUT2D eigenvalue weighted by Crippen LogP contribution is 2.39. The fraction of sp³-hybridized carbons (Fsp3) is 0.364. The van der Waals surface area contributed by atoms with Gasteiger partial charge in [0.1, 0.15) is 16.5 Å². The van der Waals surface area contributed by atoms with Crippen molar-refractivity contribution in [2.45, 2.75) is 26.8 Å². The maximum atomic E-state index is 12.8. The average molecular weight is 498 g/mol. The zero-order valence-corrected chi connectivity index (χ0v) is 20.4. The summed E-state index contributed by atoms with van der Waals surface area (Å²) in [6.45, 7) is 5.67. The molecule has 0 spiro atoms. The zero-order valence-electron chi connectivity index (χ0n) is 18.9. The van der Waals surface area contributed by atoms with Crippen LogP contribution >= 0.6 is 23.2 Å². The smallest absolute Gasteiger partial charge is 0.258 e. The number of Topliss-reactive ketones (excluding diaryl/α,β-unsaturated/α-hetero) is 1.